The Bertz CT molecular complexity index is 902. The summed E-state index contributed by atoms with van der Waals surface area (Å²) < 4.78 is 17.9. The zero-order chi connectivity index (χ0) is 16.9. The van der Waals surface area contributed by atoms with Crippen LogP contribution in [0.1, 0.15) is 50.3 Å². The van der Waals surface area contributed by atoms with Crippen LogP contribution in [0, 0.1) is 0 Å². The Kier molecular flexibility index (Phi) is 3.44. The molecule has 0 saturated heterocycles. The van der Waals surface area contributed by atoms with E-state index in [1.54, 1.807) is 6.07 Å². The molecule has 0 atom stereocenters. The summed E-state index contributed by atoms with van der Waals surface area (Å²) in [5.74, 6) is 1.60. The molecule has 2 aliphatic rings. The number of ether oxygens (including phenoxy) is 2. The van der Waals surface area contributed by atoms with E-state index in [0.717, 1.165) is 59.3 Å². The molecular formula is C20H22O4. The molecule has 3 heterocycles. The molecule has 0 radical (unpaired) electrons. The van der Waals surface area contributed by atoms with Crippen LogP contribution in [-0.4, -0.2) is 12.2 Å². The topological polar surface area (TPSA) is 48.7 Å². The molecule has 0 aliphatic carbocycles. The monoisotopic (exact) mass is 326 g/mol. The van der Waals surface area contributed by atoms with Crippen molar-refractivity contribution in [3.8, 4) is 11.5 Å². The van der Waals surface area contributed by atoms with Crippen molar-refractivity contribution in [2.75, 3.05) is 6.61 Å². The third-order valence-electron chi connectivity index (χ3n) is 4.66. The van der Waals surface area contributed by atoms with Gasteiger partial charge < -0.3 is 13.9 Å². The van der Waals surface area contributed by atoms with E-state index in [9.17, 15) is 4.79 Å². The van der Waals surface area contributed by atoms with Gasteiger partial charge >= 0.3 is 5.63 Å². The van der Waals surface area contributed by atoms with E-state index >= 15 is 0 Å². The summed E-state index contributed by atoms with van der Waals surface area (Å²) in [4.78, 5) is 12.1. The number of benzene rings is 1. The molecule has 2 aliphatic heterocycles. The van der Waals surface area contributed by atoms with Crippen LogP contribution in [-0.2, 0) is 12.8 Å². The Morgan fingerprint density at radius 3 is 2.88 bits per heavy atom. The standard InChI is InChI=1S/C20H22O4/c1-4-6-12-11-15(21)23-18-13-7-5-10-22-17(13)14-8-9-20(2,3)24-19(14)16(12)18/h8-9,11H,4-7,10H2,1-3H3. The second kappa shape index (κ2) is 5.40. The van der Waals surface area contributed by atoms with Crippen molar-refractivity contribution in [2.45, 2.75) is 52.1 Å². The van der Waals surface area contributed by atoms with Gasteiger partial charge in [0.2, 0.25) is 0 Å². The molecule has 4 heteroatoms. The summed E-state index contributed by atoms with van der Waals surface area (Å²) in [6.45, 7) is 6.84. The van der Waals surface area contributed by atoms with Gasteiger partial charge in [-0.1, -0.05) is 13.3 Å². The summed E-state index contributed by atoms with van der Waals surface area (Å²) in [6.07, 6.45) is 7.70. The third-order valence-corrected chi connectivity index (χ3v) is 4.66. The molecule has 0 bridgehead atoms. The van der Waals surface area contributed by atoms with Crippen LogP contribution in [0.4, 0.5) is 0 Å². The summed E-state index contributed by atoms with van der Waals surface area (Å²) in [6, 6.07) is 1.61. The highest BCUT2D eigenvalue weighted by atomic mass is 16.5. The molecule has 126 valence electrons. The second-order valence-corrected chi connectivity index (χ2v) is 7.09. The quantitative estimate of drug-likeness (QED) is 0.774. The van der Waals surface area contributed by atoms with Crippen LogP contribution < -0.4 is 15.1 Å². The maximum Gasteiger partial charge on any atom is 0.336 e. The van der Waals surface area contributed by atoms with Crippen molar-refractivity contribution in [2.24, 2.45) is 0 Å². The first kappa shape index (κ1) is 15.3. The lowest BCUT2D eigenvalue weighted by molar-refractivity contribution is 0.159. The number of hydrogen-bond acceptors (Lipinski definition) is 4. The normalized spacial score (nSPS) is 17.8. The van der Waals surface area contributed by atoms with E-state index in [-0.39, 0.29) is 5.63 Å². The van der Waals surface area contributed by atoms with Crippen LogP contribution in [0.5, 0.6) is 11.5 Å². The van der Waals surface area contributed by atoms with Gasteiger partial charge in [0.05, 0.1) is 17.6 Å². The Balaban J connectivity index is 2.15. The highest BCUT2D eigenvalue weighted by molar-refractivity contribution is 5.96. The number of rotatable bonds is 2. The zero-order valence-electron chi connectivity index (χ0n) is 14.4. The predicted molar refractivity (Wildman–Crippen MR) is 94.0 cm³/mol. The molecule has 0 saturated carbocycles. The molecule has 1 aromatic heterocycles. The van der Waals surface area contributed by atoms with E-state index < -0.39 is 5.60 Å². The van der Waals surface area contributed by atoms with Crippen LogP contribution in [0.2, 0.25) is 0 Å². The largest absolute Gasteiger partial charge is 0.492 e. The molecule has 4 nitrogen and oxygen atoms in total. The molecule has 2 aromatic rings. The average molecular weight is 326 g/mol. The molecule has 0 amide bonds. The lowest BCUT2D eigenvalue weighted by Crippen LogP contribution is -2.28. The van der Waals surface area contributed by atoms with Gasteiger partial charge in [0.25, 0.3) is 0 Å². The van der Waals surface area contributed by atoms with Crippen LogP contribution in [0.25, 0.3) is 17.0 Å². The van der Waals surface area contributed by atoms with E-state index in [1.807, 2.05) is 13.8 Å². The van der Waals surface area contributed by atoms with Crippen LogP contribution >= 0.6 is 0 Å². The lowest BCUT2D eigenvalue weighted by Gasteiger charge is -2.32. The molecule has 0 unspecified atom stereocenters. The highest BCUT2D eigenvalue weighted by Gasteiger charge is 2.31. The molecule has 0 fully saturated rings. The van der Waals surface area contributed by atoms with Gasteiger partial charge in [-0.25, -0.2) is 4.79 Å². The maximum absolute atomic E-state index is 12.1. The van der Waals surface area contributed by atoms with Gasteiger partial charge in [0.15, 0.2) is 0 Å². The van der Waals surface area contributed by atoms with Crippen molar-refractivity contribution in [1.82, 2.24) is 0 Å². The van der Waals surface area contributed by atoms with E-state index in [1.165, 1.54) is 0 Å². The van der Waals surface area contributed by atoms with Gasteiger partial charge in [-0.3, -0.25) is 0 Å². The lowest BCUT2D eigenvalue weighted by atomic mass is 9.91. The maximum atomic E-state index is 12.1. The van der Waals surface area contributed by atoms with Gasteiger partial charge in [-0.15, -0.1) is 0 Å². The highest BCUT2D eigenvalue weighted by Crippen LogP contribution is 2.47. The Hall–Kier alpha value is -2.23. The summed E-state index contributed by atoms with van der Waals surface area (Å²) in [5.41, 5.74) is 2.91. The number of fused-ring (bicyclic) bond motifs is 6. The molecule has 0 N–H and O–H groups in total. The number of hydrogen-bond donors (Lipinski definition) is 0. The molecular weight excluding hydrogens is 304 g/mol. The van der Waals surface area contributed by atoms with Crippen molar-refractivity contribution < 1.29 is 13.9 Å². The first-order valence-corrected chi connectivity index (χ1v) is 8.67. The first-order chi connectivity index (χ1) is 11.5. The Morgan fingerprint density at radius 1 is 1.25 bits per heavy atom. The van der Waals surface area contributed by atoms with Gasteiger partial charge in [0.1, 0.15) is 22.7 Å². The fraction of sp³-hybridized carbons (Fsp3) is 0.450. The Morgan fingerprint density at radius 2 is 2.08 bits per heavy atom. The van der Waals surface area contributed by atoms with E-state index in [4.69, 9.17) is 13.9 Å². The minimum atomic E-state index is -0.400. The molecule has 24 heavy (non-hydrogen) atoms. The number of aryl methyl sites for hydroxylation is 2. The fourth-order valence-electron chi connectivity index (χ4n) is 3.63. The van der Waals surface area contributed by atoms with Crippen molar-refractivity contribution in [1.29, 1.82) is 0 Å². The molecule has 4 rings (SSSR count). The molecule has 0 spiro atoms. The second-order valence-electron chi connectivity index (χ2n) is 7.09. The van der Waals surface area contributed by atoms with E-state index in [2.05, 4.69) is 19.1 Å². The zero-order valence-corrected chi connectivity index (χ0v) is 14.4. The van der Waals surface area contributed by atoms with Crippen molar-refractivity contribution >= 4 is 17.0 Å². The molecule has 1 aromatic carbocycles. The smallest absolute Gasteiger partial charge is 0.336 e. The Labute approximate surface area is 141 Å². The third kappa shape index (κ3) is 2.32. The fourth-order valence-corrected chi connectivity index (χ4v) is 3.63. The van der Waals surface area contributed by atoms with Crippen molar-refractivity contribution in [3.05, 3.63) is 39.3 Å². The first-order valence-electron chi connectivity index (χ1n) is 8.67. The minimum Gasteiger partial charge on any atom is -0.492 e. The minimum absolute atomic E-state index is 0.302. The summed E-state index contributed by atoms with van der Waals surface area (Å²) in [5, 5.41) is 0.938. The summed E-state index contributed by atoms with van der Waals surface area (Å²) >= 11 is 0. The van der Waals surface area contributed by atoms with Gasteiger partial charge in [0, 0.05) is 11.6 Å². The summed E-state index contributed by atoms with van der Waals surface area (Å²) in [7, 11) is 0. The SMILES string of the molecule is CCCc1cc(=O)oc2c3c(c4c(c12)OC(C)(C)C=C4)OCCC3. The van der Waals surface area contributed by atoms with Gasteiger partial charge in [-0.2, -0.15) is 0 Å². The van der Waals surface area contributed by atoms with Crippen LogP contribution in [0.3, 0.4) is 0 Å². The van der Waals surface area contributed by atoms with Gasteiger partial charge in [-0.05, 0) is 50.8 Å². The predicted octanol–water partition coefficient (Wildman–Crippen LogP) is 4.25. The van der Waals surface area contributed by atoms with Crippen LogP contribution in [0.15, 0.2) is 21.4 Å². The van der Waals surface area contributed by atoms with Crippen molar-refractivity contribution in [3.63, 3.8) is 0 Å². The van der Waals surface area contributed by atoms with E-state index in [0.29, 0.717) is 12.2 Å². The average Bonchev–Trinajstić information content (AvgIpc) is 2.54.